The molecule has 9 heteroatoms. The Kier molecular flexibility index (Phi) is 9.13. The van der Waals surface area contributed by atoms with Gasteiger partial charge in [-0.05, 0) is 24.6 Å². The lowest BCUT2D eigenvalue weighted by Gasteiger charge is -2.38. The van der Waals surface area contributed by atoms with Crippen molar-refractivity contribution in [1.29, 1.82) is 0 Å². The van der Waals surface area contributed by atoms with E-state index in [9.17, 15) is 13.2 Å². The maximum atomic E-state index is 12.8. The Labute approximate surface area is 175 Å². The van der Waals surface area contributed by atoms with Crippen LogP contribution in [0, 0.1) is 5.41 Å². The molecule has 1 aromatic rings. The van der Waals surface area contributed by atoms with E-state index in [2.05, 4.69) is 22.5 Å². The third-order valence-electron chi connectivity index (χ3n) is 4.22. The van der Waals surface area contributed by atoms with Crippen LogP contribution >= 0.6 is 24.0 Å². The molecule has 1 aliphatic heterocycles. The molecule has 0 saturated carbocycles. The van der Waals surface area contributed by atoms with Crippen molar-refractivity contribution < 1.29 is 22.6 Å². The molecule has 1 aromatic carbocycles. The van der Waals surface area contributed by atoms with Crippen LogP contribution in [0.25, 0.3) is 0 Å². The first-order valence-electron chi connectivity index (χ1n) is 8.62. The van der Waals surface area contributed by atoms with Crippen LogP contribution in [0.1, 0.15) is 25.8 Å². The molecule has 1 aliphatic rings. The lowest BCUT2D eigenvalue weighted by molar-refractivity contribution is -0.137. The Morgan fingerprint density at radius 3 is 2.56 bits per heavy atom. The van der Waals surface area contributed by atoms with Crippen molar-refractivity contribution in [3.05, 3.63) is 29.8 Å². The SMILES string of the molecule is CCC(CNC(=NC)NCC1(C)COC1)Oc1cccc(C(F)(F)F)c1.I. The highest BCUT2D eigenvalue weighted by atomic mass is 127. The predicted octanol–water partition coefficient (Wildman–Crippen LogP) is 3.68. The summed E-state index contributed by atoms with van der Waals surface area (Å²) >= 11 is 0. The second kappa shape index (κ2) is 10.4. The number of guanidine groups is 1. The molecule has 154 valence electrons. The maximum absolute atomic E-state index is 12.8. The first-order valence-corrected chi connectivity index (χ1v) is 8.62. The second-order valence-corrected chi connectivity index (χ2v) is 6.78. The average Bonchev–Trinajstić information content (AvgIpc) is 2.58. The lowest BCUT2D eigenvalue weighted by Crippen LogP contribution is -2.51. The van der Waals surface area contributed by atoms with E-state index in [1.54, 1.807) is 7.05 Å². The van der Waals surface area contributed by atoms with E-state index in [1.165, 1.54) is 12.1 Å². The van der Waals surface area contributed by atoms with Crippen LogP contribution in [0.3, 0.4) is 0 Å². The number of nitrogens with zero attached hydrogens (tertiary/aromatic N) is 1. The van der Waals surface area contributed by atoms with E-state index >= 15 is 0 Å². The van der Waals surface area contributed by atoms with E-state index in [-0.39, 0.29) is 41.2 Å². The van der Waals surface area contributed by atoms with E-state index < -0.39 is 11.7 Å². The summed E-state index contributed by atoms with van der Waals surface area (Å²) in [5.74, 6) is 0.833. The molecule has 0 spiro atoms. The molecule has 2 N–H and O–H groups in total. The van der Waals surface area contributed by atoms with Crippen molar-refractivity contribution in [2.24, 2.45) is 10.4 Å². The molecule has 27 heavy (non-hydrogen) atoms. The normalized spacial score (nSPS) is 17.3. The molecule has 1 saturated heterocycles. The molecule has 5 nitrogen and oxygen atoms in total. The van der Waals surface area contributed by atoms with Crippen LogP contribution in [0.4, 0.5) is 13.2 Å². The fourth-order valence-electron chi connectivity index (χ4n) is 2.49. The molecule has 0 bridgehead atoms. The van der Waals surface area contributed by atoms with Crippen molar-refractivity contribution >= 4 is 29.9 Å². The van der Waals surface area contributed by atoms with Gasteiger partial charge in [0.05, 0.1) is 25.3 Å². The van der Waals surface area contributed by atoms with Gasteiger partial charge in [0.25, 0.3) is 0 Å². The minimum absolute atomic E-state index is 0. The molecule has 0 amide bonds. The van der Waals surface area contributed by atoms with Gasteiger partial charge < -0.3 is 20.1 Å². The topological polar surface area (TPSA) is 54.9 Å². The van der Waals surface area contributed by atoms with Crippen molar-refractivity contribution in [3.63, 3.8) is 0 Å². The minimum atomic E-state index is -4.38. The fourth-order valence-corrected chi connectivity index (χ4v) is 2.49. The summed E-state index contributed by atoms with van der Waals surface area (Å²) in [6.45, 7) is 6.64. The first kappa shape index (κ1) is 23.8. The highest BCUT2D eigenvalue weighted by molar-refractivity contribution is 14.0. The predicted molar refractivity (Wildman–Crippen MR) is 110 cm³/mol. The number of rotatable bonds is 7. The highest BCUT2D eigenvalue weighted by Crippen LogP contribution is 2.31. The van der Waals surface area contributed by atoms with Crippen LogP contribution in [-0.2, 0) is 10.9 Å². The molecule has 0 aliphatic carbocycles. The van der Waals surface area contributed by atoms with Gasteiger partial charge in [-0.25, -0.2) is 0 Å². The van der Waals surface area contributed by atoms with Gasteiger partial charge in [0.15, 0.2) is 5.96 Å². The molecule has 1 unspecified atom stereocenters. The van der Waals surface area contributed by atoms with Crippen LogP contribution in [-0.4, -0.2) is 45.4 Å². The summed E-state index contributed by atoms with van der Waals surface area (Å²) in [7, 11) is 1.67. The van der Waals surface area contributed by atoms with Gasteiger partial charge in [0, 0.05) is 19.0 Å². The van der Waals surface area contributed by atoms with Crippen molar-refractivity contribution in [2.45, 2.75) is 32.5 Å². The number of aliphatic imine (C=N–C) groups is 1. The Balaban J connectivity index is 0.00000364. The number of benzene rings is 1. The van der Waals surface area contributed by atoms with Gasteiger partial charge in [-0.15, -0.1) is 24.0 Å². The van der Waals surface area contributed by atoms with E-state index in [1.807, 2.05) is 6.92 Å². The molecule has 1 heterocycles. The summed E-state index contributed by atoms with van der Waals surface area (Å²) in [5, 5.41) is 6.40. The fraction of sp³-hybridized carbons (Fsp3) is 0.611. The van der Waals surface area contributed by atoms with Gasteiger partial charge in [-0.1, -0.05) is 19.9 Å². The number of nitrogens with one attached hydrogen (secondary N) is 2. The third-order valence-corrected chi connectivity index (χ3v) is 4.22. The Hall–Kier alpha value is -1.23. The van der Waals surface area contributed by atoms with Gasteiger partial charge in [-0.2, -0.15) is 13.2 Å². The summed E-state index contributed by atoms with van der Waals surface area (Å²) < 4.78 is 49.3. The maximum Gasteiger partial charge on any atom is 0.416 e. The van der Waals surface area contributed by atoms with Crippen molar-refractivity contribution in [3.8, 4) is 5.75 Å². The zero-order valence-electron chi connectivity index (χ0n) is 15.7. The number of ether oxygens (including phenoxy) is 2. The third kappa shape index (κ3) is 7.36. The molecular weight excluding hydrogens is 474 g/mol. The van der Waals surface area contributed by atoms with Crippen molar-refractivity contribution in [1.82, 2.24) is 10.6 Å². The zero-order chi connectivity index (χ0) is 19.2. The molecule has 1 fully saturated rings. The van der Waals surface area contributed by atoms with Gasteiger partial charge in [0.2, 0.25) is 0 Å². The van der Waals surface area contributed by atoms with E-state index in [0.717, 1.165) is 18.7 Å². The molecule has 1 atom stereocenters. The summed E-state index contributed by atoms with van der Waals surface area (Å²) in [5.41, 5.74) is -0.609. The van der Waals surface area contributed by atoms with Gasteiger partial charge in [-0.3, -0.25) is 4.99 Å². The van der Waals surface area contributed by atoms with Crippen LogP contribution < -0.4 is 15.4 Å². The first-order chi connectivity index (χ1) is 12.3. The lowest BCUT2D eigenvalue weighted by atomic mass is 9.89. The molecule has 0 radical (unpaired) electrons. The Morgan fingerprint density at radius 2 is 2.04 bits per heavy atom. The average molecular weight is 501 g/mol. The second-order valence-electron chi connectivity index (χ2n) is 6.78. The number of alkyl halides is 3. The molecule has 0 aromatic heterocycles. The van der Waals surface area contributed by atoms with Crippen LogP contribution in [0.5, 0.6) is 5.75 Å². The van der Waals surface area contributed by atoms with Crippen LogP contribution in [0.2, 0.25) is 0 Å². The van der Waals surface area contributed by atoms with Gasteiger partial charge >= 0.3 is 6.18 Å². The van der Waals surface area contributed by atoms with E-state index in [4.69, 9.17) is 9.47 Å². The quantitative estimate of drug-likeness (QED) is 0.340. The summed E-state index contributed by atoms with van der Waals surface area (Å²) in [6.07, 6.45) is -4.02. The highest BCUT2D eigenvalue weighted by Gasteiger charge is 2.33. The number of halogens is 4. The minimum Gasteiger partial charge on any atom is -0.489 e. The van der Waals surface area contributed by atoms with Gasteiger partial charge in [0.1, 0.15) is 11.9 Å². The molecular formula is C18H27F3IN3O2. The molecule has 2 rings (SSSR count). The van der Waals surface area contributed by atoms with Crippen molar-refractivity contribution in [2.75, 3.05) is 33.4 Å². The largest absolute Gasteiger partial charge is 0.489 e. The van der Waals surface area contributed by atoms with E-state index in [0.29, 0.717) is 32.1 Å². The monoisotopic (exact) mass is 501 g/mol. The smallest absolute Gasteiger partial charge is 0.416 e. The summed E-state index contributed by atoms with van der Waals surface area (Å²) in [6, 6.07) is 4.93. The number of hydrogen-bond donors (Lipinski definition) is 2. The van der Waals surface area contributed by atoms with Crippen LogP contribution in [0.15, 0.2) is 29.3 Å². The zero-order valence-corrected chi connectivity index (χ0v) is 18.1. The summed E-state index contributed by atoms with van der Waals surface area (Å²) in [4.78, 5) is 4.16. The Morgan fingerprint density at radius 1 is 1.33 bits per heavy atom. The Bertz CT molecular complexity index is 622. The number of hydrogen-bond acceptors (Lipinski definition) is 3. The standard InChI is InChI=1S/C18H26F3N3O2.HI/c1-4-14(26-15-7-5-6-13(8-15)18(19,20)21)9-23-16(22-3)24-10-17(2)11-25-12-17;/h5-8,14H,4,9-12H2,1-3H3,(H2,22,23,24);1H.